The second-order valence-corrected chi connectivity index (χ2v) is 6.35. The molecule has 0 bridgehead atoms. The van der Waals surface area contributed by atoms with Crippen molar-refractivity contribution in [1.82, 2.24) is 9.55 Å². The van der Waals surface area contributed by atoms with Crippen molar-refractivity contribution in [3.05, 3.63) is 33.1 Å². The van der Waals surface area contributed by atoms with Gasteiger partial charge in [0.15, 0.2) is 6.23 Å². The summed E-state index contributed by atoms with van der Waals surface area (Å²) in [6, 6.07) is 1.04. The number of rotatable bonds is 4. The van der Waals surface area contributed by atoms with Gasteiger partial charge in [-0.05, 0) is 0 Å². The first-order valence-corrected chi connectivity index (χ1v) is 7.94. The van der Waals surface area contributed by atoms with Gasteiger partial charge in [-0.3, -0.25) is 14.3 Å². The fourth-order valence-electron chi connectivity index (χ4n) is 2.08. The molecule has 0 amide bonds. The van der Waals surface area contributed by atoms with E-state index in [2.05, 4.69) is 0 Å². The standard InChI is InChI=1S/C10H15N2O8P/c1-21(17,18)20-8-5(4-13)19-9(7(8)15)12-3-2-6(14)11-10(12)16/h2-3,5,7-9,13,15H,4H2,1H3,(H,17,18)(H,11,14,16)/p-1/t5-,7-,8-,9-/m1/s1. The molecule has 1 aromatic rings. The molecular weight excluding hydrogens is 307 g/mol. The molecular formula is C10H14N2O8P-. The van der Waals surface area contributed by atoms with Crippen LogP contribution in [0.5, 0.6) is 0 Å². The summed E-state index contributed by atoms with van der Waals surface area (Å²) in [7, 11) is -4.19. The molecule has 10 nitrogen and oxygen atoms in total. The second kappa shape index (κ2) is 5.84. The van der Waals surface area contributed by atoms with Crippen molar-refractivity contribution in [2.24, 2.45) is 0 Å². The van der Waals surface area contributed by atoms with Crippen molar-refractivity contribution in [3.63, 3.8) is 0 Å². The topological polar surface area (TPSA) is 154 Å². The lowest BCUT2D eigenvalue weighted by Gasteiger charge is -2.26. The lowest BCUT2D eigenvalue weighted by Crippen LogP contribution is -2.39. The van der Waals surface area contributed by atoms with Crippen LogP contribution in [-0.4, -0.2) is 51.3 Å². The van der Waals surface area contributed by atoms with E-state index in [0.29, 0.717) is 0 Å². The van der Waals surface area contributed by atoms with E-state index in [1.54, 1.807) is 0 Å². The number of aromatic amines is 1. The number of aliphatic hydroxyl groups is 2. The predicted octanol–water partition coefficient (Wildman–Crippen LogP) is -2.64. The summed E-state index contributed by atoms with van der Waals surface area (Å²) in [6.07, 6.45) is -4.21. The minimum absolute atomic E-state index is 0.615. The van der Waals surface area contributed by atoms with E-state index in [1.165, 1.54) is 0 Å². The molecule has 2 heterocycles. The summed E-state index contributed by atoms with van der Waals surface area (Å²) in [4.78, 5) is 35.8. The molecule has 0 radical (unpaired) electrons. The van der Waals surface area contributed by atoms with Gasteiger partial charge in [-0.2, -0.15) is 0 Å². The molecule has 118 valence electrons. The van der Waals surface area contributed by atoms with Crippen LogP contribution in [0.15, 0.2) is 21.9 Å². The zero-order valence-corrected chi connectivity index (χ0v) is 11.8. The molecule has 0 aliphatic carbocycles. The van der Waals surface area contributed by atoms with Crippen molar-refractivity contribution < 1.29 is 28.9 Å². The number of hydrogen-bond acceptors (Lipinski definition) is 8. The highest BCUT2D eigenvalue weighted by atomic mass is 31.2. The Morgan fingerprint density at radius 1 is 1.57 bits per heavy atom. The van der Waals surface area contributed by atoms with E-state index >= 15 is 0 Å². The SMILES string of the molecule is CP(=O)([O-])O[C@H]1[C@@H](O)[C@H](n2ccc(=O)[nH]c2=O)O[C@@H]1CO. The van der Waals surface area contributed by atoms with Gasteiger partial charge in [0.2, 0.25) is 0 Å². The Labute approximate surface area is 118 Å². The lowest BCUT2D eigenvalue weighted by molar-refractivity contribution is -0.204. The van der Waals surface area contributed by atoms with Crippen molar-refractivity contribution in [2.75, 3.05) is 13.3 Å². The lowest BCUT2D eigenvalue weighted by atomic mass is 10.1. The van der Waals surface area contributed by atoms with E-state index in [4.69, 9.17) is 9.26 Å². The van der Waals surface area contributed by atoms with Crippen LogP contribution in [0.4, 0.5) is 0 Å². The molecule has 11 heteroatoms. The Morgan fingerprint density at radius 2 is 2.24 bits per heavy atom. The molecule has 1 aliphatic rings. The fraction of sp³-hybridized carbons (Fsp3) is 0.600. The van der Waals surface area contributed by atoms with Gasteiger partial charge in [0, 0.05) is 18.9 Å². The van der Waals surface area contributed by atoms with Crippen LogP contribution in [-0.2, 0) is 13.8 Å². The monoisotopic (exact) mass is 321 g/mol. The average molecular weight is 321 g/mol. The molecule has 1 unspecified atom stereocenters. The van der Waals surface area contributed by atoms with E-state index < -0.39 is 50.0 Å². The number of nitrogens with zero attached hydrogens (tertiary/aromatic N) is 1. The predicted molar refractivity (Wildman–Crippen MR) is 66.7 cm³/mol. The normalized spacial score (nSPS) is 32.0. The maximum Gasteiger partial charge on any atom is 0.330 e. The van der Waals surface area contributed by atoms with Gasteiger partial charge >= 0.3 is 5.69 Å². The number of ether oxygens (including phenoxy) is 1. The van der Waals surface area contributed by atoms with Crippen LogP contribution in [0.2, 0.25) is 0 Å². The van der Waals surface area contributed by atoms with Gasteiger partial charge in [-0.25, -0.2) is 4.79 Å². The molecule has 21 heavy (non-hydrogen) atoms. The highest BCUT2D eigenvalue weighted by molar-refractivity contribution is 7.50. The van der Waals surface area contributed by atoms with Gasteiger partial charge in [0.25, 0.3) is 5.56 Å². The van der Waals surface area contributed by atoms with Gasteiger partial charge in [0.1, 0.15) is 25.9 Å². The van der Waals surface area contributed by atoms with E-state index in [1.807, 2.05) is 4.98 Å². The third-order valence-electron chi connectivity index (χ3n) is 2.93. The molecule has 1 saturated heterocycles. The average Bonchev–Trinajstić information content (AvgIpc) is 2.65. The minimum atomic E-state index is -4.19. The molecule has 0 aromatic carbocycles. The van der Waals surface area contributed by atoms with Gasteiger partial charge in [-0.15, -0.1) is 0 Å². The number of hydrogen-bond donors (Lipinski definition) is 3. The number of nitrogens with one attached hydrogen (secondary N) is 1. The van der Waals surface area contributed by atoms with E-state index in [9.17, 15) is 29.3 Å². The summed E-state index contributed by atoms with van der Waals surface area (Å²) in [5, 5.41) is 19.3. The first-order valence-electron chi connectivity index (χ1n) is 5.95. The zero-order valence-electron chi connectivity index (χ0n) is 10.9. The summed E-state index contributed by atoms with van der Waals surface area (Å²) in [5.41, 5.74) is -1.47. The molecule has 1 fully saturated rings. The third kappa shape index (κ3) is 3.49. The third-order valence-corrected chi connectivity index (χ3v) is 3.55. The summed E-state index contributed by atoms with van der Waals surface area (Å²) < 4.78 is 22.0. The molecule has 2 rings (SSSR count). The van der Waals surface area contributed by atoms with E-state index in [-0.39, 0.29) is 0 Å². The van der Waals surface area contributed by atoms with Gasteiger partial charge in [-0.1, -0.05) is 0 Å². The largest absolute Gasteiger partial charge is 0.779 e. The van der Waals surface area contributed by atoms with Crippen molar-refractivity contribution in [1.29, 1.82) is 0 Å². The van der Waals surface area contributed by atoms with Crippen molar-refractivity contribution in [3.8, 4) is 0 Å². The molecule has 1 aromatic heterocycles. The highest BCUT2D eigenvalue weighted by Crippen LogP contribution is 2.40. The Hall–Kier alpha value is -1.29. The number of H-pyrrole nitrogens is 1. The first-order chi connectivity index (χ1) is 9.73. The Balaban J connectivity index is 2.33. The first kappa shape index (κ1) is 16.1. The van der Waals surface area contributed by atoms with Crippen molar-refractivity contribution >= 4 is 7.60 Å². The Kier molecular flexibility index (Phi) is 4.47. The van der Waals surface area contributed by atoms with Crippen LogP contribution >= 0.6 is 7.60 Å². The minimum Gasteiger partial charge on any atom is -0.779 e. The van der Waals surface area contributed by atoms with Crippen molar-refractivity contribution in [2.45, 2.75) is 24.5 Å². The maximum atomic E-state index is 11.7. The molecule has 5 atom stereocenters. The van der Waals surface area contributed by atoms with E-state index in [0.717, 1.165) is 23.5 Å². The molecule has 3 N–H and O–H groups in total. The smallest absolute Gasteiger partial charge is 0.330 e. The summed E-state index contributed by atoms with van der Waals surface area (Å²) in [6.45, 7) is 0.198. The maximum absolute atomic E-state index is 11.7. The number of aromatic nitrogens is 2. The van der Waals surface area contributed by atoms with Crippen LogP contribution < -0.4 is 16.1 Å². The Bertz CT molecular complexity index is 664. The Morgan fingerprint density at radius 3 is 2.76 bits per heavy atom. The summed E-state index contributed by atoms with van der Waals surface area (Å²) in [5.74, 6) is 0. The van der Waals surface area contributed by atoms with Crippen LogP contribution in [0.1, 0.15) is 6.23 Å². The highest BCUT2D eigenvalue weighted by Gasteiger charge is 2.46. The van der Waals surface area contributed by atoms with Gasteiger partial charge < -0.3 is 28.9 Å². The van der Waals surface area contributed by atoms with Crippen LogP contribution in [0.3, 0.4) is 0 Å². The molecule has 0 saturated carbocycles. The number of aliphatic hydroxyl groups excluding tert-OH is 2. The van der Waals surface area contributed by atoms with Crippen LogP contribution in [0.25, 0.3) is 0 Å². The zero-order chi connectivity index (χ0) is 15.8. The molecule has 1 aliphatic heterocycles. The fourth-order valence-corrected chi connectivity index (χ4v) is 2.78. The molecule has 0 spiro atoms. The van der Waals surface area contributed by atoms with Gasteiger partial charge in [0.05, 0.1) is 6.61 Å². The second-order valence-electron chi connectivity index (χ2n) is 4.60. The quantitative estimate of drug-likeness (QED) is 0.508. The summed E-state index contributed by atoms with van der Waals surface area (Å²) >= 11 is 0. The van der Waals surface area contributed by atoms with Crippen LogP contribution in [0, 0.1) is 0 Å².